The molecule has 7 unspecified atom stereocenters. The van der Waals surface area contributed by atoms with Crippen molar-refractivity contribution in [2.24, 2.45) is 0 Å². The van der Waals surface area contributed by atoms with Gasteiger partial charge in [0, 0.05) is 45.8 Å². The average molecular weight is 1230 g/mol. The summed E-state index contributed by atoms with van der Waals surface area (Å²) in [7, 11) is 0. The van der Waals surface area contributed by atoms with Gasteiger partial charge in [-0.15, -0.1) is 11.8 Å². The quantitative estimate of drug-likeness (QED) is 0.0247. The predicted octanol–water partition coefficient (Wildman–Crippen LogP) is 1.57. The second kappa shape index (κ2) is 37.9. The van der Waals surface area contributed by atoms with E-state index in [1.54, 1.807) is 83.1 Å². The van der Waals surface area contributed by atoms with Gasteiger partial charge in [0.25, 0.3) is 0 Å². The lowest BCUT2D eigenvalue weighted by Gasteiger charge is -2.27. The first-order valence-corrected chi connectivity index (χ1v) is 29.2. The number of alkyl carbamates (subject to hydrolysis) is 4. The SMILES string of the molecule is CC(=O)NCSCC(NC(C)=O)C(=O)NC(C)C(=O)NC(CCCNC(=O)OC(C)(C)C)C(=O)NC(CCCNC(=O)OC(C)(C)C)C(=O)NC(CCCNC(=O)OC(C)(C)C)C(=O)NC(C)C(=O)NC(CCCNC(=O)OC(C)(C)C)C(=O)O. The lowest BCUT2D eigenvalue weighted by atomic mass is 10.0. The molecular formula is C54H96N12O18S. The van der Waals surface area contributed by atoms with Crippen molar-refractivity contribution in [3.8, 4) is 0 Å². The molecule has 0 aromatic carbocycles. The average Bonchev–Trinajstić information content (AvgIpc) is 3.40. The maximum absolute atomic E-state index is 14.5. The number of rotatable bonds is 34. The van der Waals surface area contributed by atoms with Crippen molar-refractivity contribution in [2.75, 3.05) is 37.8 Å². The van der Waals surface area contributed by atoms with E-state index in [1.165, 1.54) is 27.7 Å². The van der Waals surface area contributed by atoms with Crippen LogP contribution in [-0.4, -0.2) is 185 Å². The number of hydrogen-bond donors (Lipinski definition) is 13. The normalized spacial score (nSPS) is 14.0. The first kappa shape index (κ1) is 77.7. The zero-order valence-electron chi connectivity index (χ0n) is 52.2. The van der Waals surface area contributed by atoms with Crippen LogP contribution in [0.4, 0.5) is 19.2 Å². The van der Waals surface area contributed by atoms with Crippen LogP contribution in [-0.2, 0) is 62.1 Å². The molecule has 0 aliphatic heterocycles. The van der Waals surface area contributed by atoms with Gasteiger partial charge in [0.15, 0.2) is 0 Å². The van der Waals surface area contributed by atoms with Crippen LogP contribution in [0.2, 0.25) is 0 Å². The minimum Gasteiger partial charge on any atom is -0.480 e. The number of carboxylic acid groups (broad SMARTS) is 1. The van der Waals surface area contributed by atoms with Crippen LogP contribution in [0.25, 0.3) is 0 Å². The van der Waals surface area contributed by atoms with Gasteiger partial charge in [-0.25, -0.2) is 24.0 Å². The van der Waals surface area contributed by atoms with Crippen LogP contribution in [0.15, 0.2) is 0 Å². The minimum absolute atomic E-state index is 0.00126. The molecule has 0 saturated heterocycles. The maximum Gasteiger partial charge on any atom is 0.407 e. The van der Waals surface area contributed by atoms with E-state index < -0.39 is 136 Å². The number of aliphatic carboxylic acids is 1. The number of nitrogens with one attached hydrogen (secondary N) is 12. The number of carbonyl (C=O) groups is 13. The lowest BCUT2D eigenvalue weighted by Crippen LogP contribution is -2.59. The number of hydrogen-bond acceptors (Lipinski definition) is 18. The highest BCUT2D eigenvalue weighted by Gasteiger charge is 2.33. The molecule has 0 aliphatic carbocycles. The van der Waals surface area contributed by atoms with Crippen molar-refractivity contribution in [2.45, 2.75) is 227 Å². The van der Waals surface area contributed by atoms with Gasteiger partial charge in [-0.1, -0.05) is 0 Å². The van der Waals surface area contributed by atoms with Gasteiger partial charge >= 0.3 is 30.3 Å². The number of carboxylic acids is 1. The molecule has 0 rings (SSSR count). The third kappa shape index (κ3) is 39.8. The third-order valence-corrected chi connectivity index (χ3v) is 11.7. The molecular weight excluding hydrogens is 1140 g/mol. The Morgan fingerprint density at radius 3 is 0.918 bits per heavy atom. The smallest absolute Gasteiger partial charge is 0.407 e. The van der Waals surface area contributed by atoms with Crippen molar-refractivity contribution >= 4 is 89.4 Å². The number of amides is 12. The Bertz CT molecular complexity index is 2260. The van der Waals surface area contributed by atoms with E-state index in [0.717, 1.165) is 11.8 Å². The fourth-order valence-electron chi connectivity index (χ4n) is 6.96. The summed E-state index contributed by atoms with van der Waals surface area (Å²) in [5, 5.41) is 40.3. The molecule has 0 fully saturated rings. The van der Waals surface area contributed by atoms with Gasteiger partial charge in [-0.05, 0) is 148 Å². The van der Waals surface area contributed by atoms with Crippen LogP contribution < -0.4 is 63.8 Å². The summed E-state index contributed by atoms with van der Waals surface area (Å²) in [5.74, 6) is -7.60. The van der Waals surface area contributed by atoms with Gasteiger partial charge < -0.3 is 87.9 Å². The molecule has 0 bridgehead atoms. The van der Waals surface area contributed by atoms with E-state index in [2.05, 4.69) is 63.8 Å². The highest BCUT2D eigenvalue weighted by molar-refractivity contribution is 7.99. The summed E-state index contributed by atoms with van der Waals surface area (Å²) in [4.78, 5) is 169. The van der Waals surface area contributed by atoms with Crippen LogP contribution in [0.3, 0.4) is 0 Å². The van der Waals surface area contributed by atoms with Gasteiger partial charge in [-0.2, -0.15) is 0 Å². The maximum atomic E-state index is 14.5. The largest absolute Gasteiger partial charge is 0.480 e. The van der Waals surface area contributed by atoms with Crippen molar-refractivity contribution in [3.05, 3.63) is 0 Å². The standard InChI is InChI=1S/C54H96N12O18S/c1-31(61-45(74)39(62-34(4)68)29-85-30-59-33(3)67)40(69)63-36(22-18-26-56-48(78)82-52(8,9)10)43(72)65-37(23-19-27-57-49(79)83-53(11,12)13)44(73)64-35(21-17-25-55-47(77)81-51(5,6)7)42(71)60-32(2)41(70)66-38(46(75)76)24-20-28-58-50(80)84-54(14,15)16/h31-32,35-39H,17-30H2,1-16H3,(H,55,77)(H,56,78)(H,57,79)(H,58,80)(H,59,67)(H,60,71)(H,61,74)(H,62,68)(H,63,69)(H,64,73)(H,65,72)(H,66,70)(H,75,76). The Balaban J connectivity index is 7.04. The molecule has 486 valence electrons. The van der Waals surface area contributed by atoms with E-state index in [4.69, 9.17) is 18.9 Å². The molecule has 30 nitrogen and oxygen atoms in total. The molecule has 0 radical (unpaired) electrons. The molecule has 0 aliphatic rings. The Morgan fingerprint density at radius 2 is 0.635 bits per heavy atom. The zero-order chi connectivity index (χ0) is 65.5. The fourth-order valence-corrected chi connectivity index (χ4v) is 7.86. The molecule has 7 atom stereocenters. The van der Waals surface area contributed by atoms with E-state index in [1.807, 2.05) is 0 Å². The second-order valence-electron chi connectivity index (χ2n) is 23.8. The molecule has 0 spiro atoms. The van der Waals surface area contributed by atoms with Crippen molar-refractivity contribution < 1.29 is 86.4 Å². The zero-order valence-corrected chi connectivity index (χ0v) is 53.1. The molecule has 12 amide bonds. The van der Waals surface area contributed by atoms with Crippen LogP contribution in [0.1, 0.15) is 162 Å². The summed E-state index contributed by atoms with van der Waals surface area (Å²) in [5.41, 5.74) is -3.33. The summed E-state index contributed by atoms with van der Waals surface area (Å²) >= 11 is 1.12. The lowest BCUT2D eigenvalue weighted by molar-refractivity contribution is -0.142. The Morgan fingerprint density at radius 1 is 0.365 bits per heavy atom. The molecule has 0 aromatic rings. The summed E-state index contributed by atoms with van der Waals surface area (Å²) < 4.78 is 21.1. The monoisotopic (exact) mass is 1230 g/mol. The first-order chi connectivity index (χ1) is 39.1. The van der Waals surface area contributed by atoms with E-state index in [-0.39, 0.29) is 95.1 Å². The summed E-state index contributed by atoms with van der Waals surface area (Å²) in [6.07, 6.45) is -3.61. The topological polar surface area (TPSA) is 423 Å². The molecule has 0 heterocycles. The Kier molecular flexibility index (Phi) is 34.6. The molecule has 0 aromatic heterocycles. The van der Waals surface area contributed by atoms with Crippen LogP contribution in [0, 0.1) is 0 Å². The van der Waals surface area contributed by atoms with Crippen molar-refractivity contribution in [1.29, 1.82) is 0 Å². The summed E-state index contributed by atoms with van der Waals surface area (Å²) in [6, 6.07) is -9.86. The van der Waals surface area contributed by atoms with Gasteiger partial charge in [-0.3, -0.25) is 38.4 Å². The predicted molar refractivity (Wildman–Crippen MR) is 313 cm³/mol. The number of thioether (sulfide) groups is 1. The number of carbonyl (C=O) groups excluding carboxylic acids is 12. The molecule has 13 N–H and O–H groups in total. The van der Waals surface area contributed by atoms with E-state index in [0.29, 0.717) is 0 Å². The highest BCUT2D eigenvalue weighted by Crippen LogP contribution is 2.12. The van der Waals surface area contributed by atoms with Gasteiger partial charge in [0.2, 0.25) is 47.3 Å². The van der Waals surface area contributed by atoms with Crippen LogP contribution in [0.5, 0.6) is 0 Å². The van der Waals surface area contributed by atoms with Gasteiger partial charge in [0.1, 0.15) is 64.7 Å². The van der Waals surface area contributed by atoms with E-state index in [9.17, 15) is 67.4 Å². The second-order valence-corrected chi connectivity index (χ2v) is 24.9. The van der Waals surface area contributed by atoms with Gasteiger partial charge in [0.05, 0.1) is 5.88 Å². The molecule has 31 heteroatoms. The molecule has 85 heavy (non-hydrogen) atoms. The Hall–Kier alpha value is -7.34. The molecule has 0 saturated carbocycles. The fraction of sp³-hybridized carbons (Fsp3) is 0.759. The Labute approximate surface area is 502 Å². The first-order valence-electron chi connectivity index (χ1n) is 28.1. The van der Waals surface area contributed by atoms with Crippen molar-refractivity contribution in [1.82, 2.24) is 63.8 Å². The van der Waals surface area contributed by atoms with Crippen molar-refractivity contribution in [3.63, 3.8) is 0 Å². The number of ether oxygens (including phenoxy) is 4. The highest BCUT2D eigenvalue weighted by atomic mass is 32.2. The van der Waals surface area contributed by atoms with Crippen LogP contribution >= 0.6 is 11.8 Å². The van der Waals surface area contributed by atoms with E-state index >= 15 is 0 Å². The minimum atomic E-state index is -1.53. The third-order valence-electron chi connectivity index (χ3n) is 10.8. The summed E-state index contributed by atoms with van der Waals surface area (Å²) in [6.45, 7) is 24.7.